The summed E-state index contributed by atoms with van der Waals surface area (Å²) in [6.07, 6.45) is 24.0. The second kappa shape index (κ2) is 20.4. The molecule has 3 heteroatoms. The lowest BCUT2D eigenvalue weighted by Gasteiger charge is -2.21. The fourth-order valence-electron chi connectivity index (χ4n) is 5.92. The summed E-state index contributed by atoms with van der Waals surface area (Å²) in [5.74, 6) is 0.480. The molecule has 0 aliphatic rings. The van der Waals surface area contributed by atoms with E-state index in [0.717, 1.165) is 42.5 Å². The third-order valence-electron chi connectivity index (χ3n) is 8.74. The molecule has 0 amide bonds. The quantitative estimate of drug-likeness (QED) is 0.107. The SMILES string of the molecule is CCCCCCCCP(=O)(CCCCCCCC)c1ccc(C(C)c2cc(CCCCCCC)ccc2O)cc1. The lowest BCUT2D eigenvalue weighted by molar-refractivity contribution is 0.465. The predicted octanol–water partition coefficient (Wildman–Crippen LogP) is 11.8. The zero-order valence-electron chi connectivity index (χ0n) is 26.6. The lowest BCUT2D eigenvalue weighted by Crippen LogP contribution is -2.12. The van der Waals surface area contributed by atoms with E-state index in [4.69, 9.17) is 0 Å². The monoisotopic (exact) mass is 568 g/mol. The van der Waals surface area contributed by atoms with E-state index in [1.54, 1.807) is 0 Å². The first kappa shape index (κ1) is 34.7. The van der Waals surface area contributed by atoms with Gasteiger partial charge in [-0.3, -0.25) is 0 Å². The summed E-state index contributed by atoms with van der Waals surface area (Å²) in [6.45, 7) is 8.95. The van der Waals surface area contributed by atoms with Gasteiger partial charge >= 0.3 is 0 Å². The molecule has 2 nitrogen and oxygen atoms in total. The van der Waals surface area contributed by atoms with Crippen molar-refractivity contribution < 1.29 is 9.67 Å². The highest BCUT2D eigenvalue weighted by molar-refractivity contribution is 7.71. The molecule has 2 rings (SSSR count). The molecule has 0 saturated carbocycles. The molecule has 0 heterocycles. The Morgan fingerprint density at radius 2 is 1.10 bits per heavy atom. The molecule has 0 aromatic heterocycles. The molecule has 0 saturated heterocycles. The van der Waals surface area contributed by atoms with Crippen molar-refractivity contribution in [1.82, 2.24) is 0 Å². The first-order chi connectivity index (χ1) is 19.4. The number of hydrogen-bond acceptors (Lipinski definition) is 2. The maximum Gasteiger partial charge on any atom is 0.119 e. The Labute approximate surface area is 248 Å². The molecule has 0 spiro atoms. The summed E-state index contributed by atoms with van der Waals surface area (Å²) in [4.78, 5) is 0. The van der Waals surface area contributed by atoms with Gasteiger partial charge in [0.05, 0.1) is 0 Å². The van der Waals surface area contributed by atoms with Crippen LogP contribution in [-0.4, -0.2) is 17.4 Å². The van der Waals surface area contributed by atoms with Gasteiger partial charge in [0.1, 0.15) is 12.9 Å². The smallest absolute Gasteiger partial charge is 0.119 e. The van der Waals surface area contributed by atoms with Crippen LogP contribution >= 0.6 is 7.14 Å². The molecule has 0 radical (unpaired) electrons. The van der Waals surface area contributed by atoms with E-state index in [-0.39, 0.29) is 5.92 Å². The van der Waals surface area contributed by atoms with Crippen LogP contribution in [0.4, 0.5) is 0 Å². The predicted molar refractivity (Wildman–Crippen MR) is 178 cm³/mol. The van der Waals surface area contributed by atoms with Crippen molar-refractivity contribution in [1.29, 1.82) is 0 Å². The van der Waals surface area contributed by atoms with Crippen LogP contribution in [0, 0.1) is 0 Å². The molecule has 0 aliphatic heterocycles. The van der Waals surface area contributed by atoms with Gasteiger partial charge in [0.2, 0.25) is 0 Å². The van der Waals surface area contributed by atoms with Crippen LogP contribution < -0.4 is 5.30 Å². The Bertz CT molecular complexity index is 945. The van der Waals surface area contributed by atoms with Crippen molar-refractivity contribution in [2.45, 2.75) is 149 Å². The fourth-order valence-corrected chi connectivity index (χ4v) is 8.82. The molecule has 2 aromatic rings. The third-order valence-corrected chi connectivity index (χ3v) is 12.1. The maximum absolute atomic E-state index is 14.4. The van der Waals surface area contributed by atoms with Gasteiger partial charge in [0.15, 0.2) is 0 Å². The van der Waals surface area contributed by atoms with Crippen molar-refractivity contribution in [2.75, 3.05) is 12.3 Å². The van der Waals surface area contributed by atoms with Gasteiger partial charge in [0, 0.05) is 29.1 Å². The number of phenols is 1. The molecule has 226 valence electrons. The molecule has 0 aliphatic carbocycles. The Morgan fingerprint density at radius 1 is 0.625 bits per heavy atom. The molecule has 2 aromatic carbocycles. The second-order valence-electron chi connectivity index (χ2n) is 12.2. The number of unbranched alkanes of at least 4 members (excludes halogenated alkanes) is 14. The number of aromatic hydroxyl groups is 1. The highest BCUT2D eigenvalue weighted by Gasteiger charge is 2.24. The summed E-state index contributed by atoms with van der Waals surface area (Å²) in [6, 6.07) is 14.8. The Hall–Kier alpha value is -1.53. The zero-order valence-corrected chi connectivity index (χ0v) is 27.5. The van der Waals surface area contributed by atoms with E-state index in [0.29, 0.717) is 5.75 Å². The molecule has 1 N–H and O–H groups in total. The van der Waals surface area contributed by atoms with E-state index >= 15 is 0 Å². The van der Waals surface area contributed by atoms with E-state index in [1.165, 1.54) is 107 Å². The van der Waals surface area contributed by atoms with Crippen LogP contribution in [0.1, 0.15) is 159 Å². The number of aryl methyl sites for hydroxylation is 1. The van der Waals surface area contributed by atoms with Crippen molar-refractivity contribution in [3.8, 4) is 5.75 Å². The third kappa shape index (κ3) is 12.5. The van der Waals surface area contributed by atoms with Gasteiger partial charge in [-0.1, -0.05) is 154 Å². The minimum atomic E-state index is -2.39. The largest absolute Gasteiger partial charge is 0.508 e. The van der Waals surface area contributed by atoms with Crippen LogP contribution in [-0.2, 0) is 11.0 Å². The molecular weight excluding hydrogens is 507 g/mol. The average Bonchev–Trinajstić information content (AvgIpc) is 2.97. The zero-order chi connectivity index (χ0) is 29.1. The molecule has 1 atom stereocenters. The highest BCUT2D eigenvalue weighted by Crippen LogP contribution is 2.47. The van der Waals surface area contributed by atoms with Crippen molar-refractivity contribution in [3.63, 3.8) is 0 Å². The maximum atomic E-state index is 14.4. The summed E-state index contributed by atoms with van der Waals surface area (Å²) in [5.41, 5.74) is 3.50. The topological polar surface area (TPSA) is 37.3 Å². The van der Waals surface area contributed by atoms with Gasteiger partial charge in [0.25, 0.3) is 0 Å². The Kier molecular flexibility index (Phi) is 17.7. The van der Waals surface area contributed by atoms with Crippen LogP contribution in [0.5, 0.6) is 5.75 Å². The molecule has 1 unspecified atom stereocenters. The van der Waals surface area contributed by atoms with E-state index in [2.05, 4.69) is 64.1 Å². The minimum Gasteiger partial charge on any atom is -0.508 e. The average molecular weight is 569 g/mol. The molecule has 0 fully saturated rings. The van der Waals surface area contributed by atoms with Gasteiger partial charge in [-0.2, -0.15) is 0 Å². The fraction of sp³-hybridized carbons (Fsp3) is 0.676. The van der Waals surface area contributed by atoms with Crippen molar-refractivity contribution in [3.05, 3.63) is 59.2 Å². The first-order valence-corrected chi connectivity index (χ1v) is 19.0. The van der Waals surface area contributed by atoms with Gasteiger partial charge in [-0.05, 0) is 42.9 Å². The number of hydrogen-bond donors (Lipinski definition) is 1. The van der Waals surface area contributed by atoms with Crippen LogP contribution in [0.25, 0.3) is 0 Å². The summed E-state index contributed by atoms with van der Waals surface area (Å²) >= 11 is 0. The van der Waals surface area contributed by atoms with E-state index in [1.807, 2.05) is 6.07 Å². The standard InChI is InChI=1S/C37H61O2P/c1-5-8-11-14-17-20-29-40(39,30-21-18-15-12-9-6-2)35-26-24-34(25-27-35)32(4)36-31-33(23-28-37(36)38)22-19-16-13-10-7-3/h23-28,31-32,38H,5-22,29-30H2,1-4H3. The van der Waals surface area contributed by atoms with Gasteiger partial charge in [-0.15, -0.1) is 0 Å². The van der Waals surface area contributed by atoms with E-state index in [9.17, 15) is 9.67 Å². The molecule has 40 heavy (non-hydrogen) atoms. The van der Waals surface area contributed by atoms with Crippen LogP contribution in [0.2, 0.25) is 0 Å². The molecular formula is C37H61O2P. The summed E-state index contributed by atoms with van der Waals surface area (Å²) in [5, 5.41) is 11.8. The molecule has 0 bridgehead atoms. The highest BCUT2D eigenvalue weighted by atomic mass is 31.2. The van der Waals surface area contributed by atoms with E-state index < -0.39 is 7.14 Å². The Balaban J connectivity index is 2.08. The number of benzene rings is 2. The Morgan fingerprint density at radius 3 is 1.62 bits per heavy atom. The summed E-state index contributed by atoms with van der Waals surface area (Å²) < 4.78 is 14.4. The van der Waals surface area contributed by atoms with Crippen LogP contribution in [0.3, 0.4) is 0 Å². The minimum absolute atomic E-state index is 0.102. The lowest BCUT2D eigenvalue weighted by atomic mass is 9.90. The normalized spacial score (nSPS) is 12.6. The van der Waals surface area contributed by atoms with Gasteiger partial charge < -0.3 is 9.67 Å². The second-order valence-corrected chi connectivity index (χ2v) is 15.4. The van der Waals surface area contributed by atoms with Crippen LogP contribution in [0.15, 0.2) is 42.5 Å². The van der Waals surface area contributed by atoms with Crippen molar-refractivity contribution >= 4 is 12.4 Å². The summed E-state index contributed by atoms with van der Waals surface area (Å²) in [7, 11) is -2.39. The van der Waals surface area contributed by atoms with Crippen molar-refractivity contribution in [2.24, 2.45) is 0 Å². The number of phenolic OH excluding ortho intramolecular Hbond substituents is 1. The number of rotatable bonds is 23. The first-order valence-electron chi connectivity index (χ1n) is 17.0. The van der Waals surface area contributed by atoms with Gasteiger partial charge in [-0.25, -0.2) is 0 Å².